The molecule has 0 saturated carbocycles. The zero-order valence-electron chi connectivity index (χ0n) is 9.67. The van der Waals surface area contributed by atoms with Crippen LogP contribution in [-0.4, -0.2) is 14.8 Å². The summed E-state index contributed by atoms with van der Waals surface area (Å²) < 4.78 is 2.00. The van der Waals surface area contributed by atoms with Gasteiger partial charge in [0.05, 0.1) is 12.1 Å². The summed E-state index contributed by atoms with van der Waals surface area (Å²) in [4.78, 5) is 4.31. The van der Waals surface area contributed by atoms with E-state index in [0.717, 1.165) is 12.1 Å². The first-order valence-electron chi connectivity index (χ1n) is 5.65. The smallest absolute Gasteiger partial charge is 0.0702 e. The van der Waals surface area contributed by atoms with E-state index < -0.39 is 0 Å². The van der Waals surface area contributed by atoms with Crippen molar-refractivity contribution in [2.75, 3.05) is 0 Å². The van der Waals surface area contributed by atoms with Crippen molar-refractivity contribution in [1.82, 2.24) is 14.8 Å². The summed E-state index contributed by atoms with van der Waals surface area (Å²) in [6.45, 7) is 2.87. The SMILES string of the molecule is Cc1ccnn1Cc1ccc2ncccc2c1. The highest BCUT2D eigenvalue weighted by atomic mass is 15.3. The van der Waals surface area contributed by atoms with Crippen LogP contribution in [0.1, 0.15) is 11.3 Å². The fourth-order valence-electron chi connectivity index (χ4n) is 1.96. The van der Waals surface area contributed by atoms with Gasteiger partial charge in [0.25, 0.3) is 0 Å². The number of benzene rings is 1. The van der Waals surface area contributed by atoms with Crippen molar-refractivity contribution in [2.45, 2.75) is 13.5 Å². The van der Waals surface area contributed by atoms with Gasteiger partial charge in [0, 0.05) is 23.5 Å². The highest BCUT2D eigenvalue weighted by Gasteiger charge is 2.00. The number of nitrogens with zero attached hydrogens (tertiary/aromatic N) is 3. The first-order valence-corrected chi connectivity index (χ1v) is 5.65. The summed E-state index contributed by atoms with van der Waals surface area (Å²) in [6, 6.07) is 12.4. The molecule has 2 heterocycles. The zero-order valence-corrected chi connectivity index (χ0v) is 9.67. The van der Waals surface area contributed by atoms with Gasteiger partial charge in [-0.15, -0.1) is 0 Å². The van der Waals surface area contributed by atoms with E-state index in [9.17, 15) is 0 Å². The van der Waals surface area contributed by atoms with Crippen LogP contribution in [0.15, 0.2) is 48.8 Å². The molecule has 3 heteroatoms. The van der Waals surface area contributed by atoms with Crippen LogP contribution < -0.4 is 0 Å². The predicted molar refractivity (Wildman–Crippen MR) is 67.8 cm³/mol. The van der Waals surface area contributed by atoms with Gasteiger partial charge >= 0.3 is 0 Å². The second kappa shape index (κ2) is 4.01. The minimum atomic E-state index is 0.809. The largest absolute Gasteiger partial charge is 0.265 e. The Labute approximate surface area is 99.7 Å². The van der Waals surface area contributed by atoms with Gasteiger partial charge in [-0.25, -0.2) is 0 Å². The number of aryl methyl sites for hydroxylation is 1. The molecule has 0 N–H and O–H groups in total. The molecule has 0 aliphatic carbocycles. The summed E-state index contributed by atoms with van der Waals surface area (Å²) in [5, 5.41) is 5.47. The molecule has 0 unspecified atom stereocenters. The molecule has 0 aliphatic rings. The van der Waals surface area contributed by atoms with Crippen molar-refractivity contribution in [3.8, 4) is 0 Å². The molecule has 17 heavy (non-hydrogen) atoms. The minimum absolute atomic E-state index is 0.809. The van der Waals surface area contributed by atoms with Crippen molar-refractivity contribution in [3.05, 3.63) is 60.0 Å². The Morgan fingerprint density at radius 3 is 2.88 bits per heavy atom. The number of hydrogen-bond acceptors (Lipinski definition) is 2. The molecule has 3 rings (SSSR count). The molecule has 0 bridgehead atoms. The molecule has 3 nitrogen and oxygen atoms in total. The maximum atomic E-state index is 4.31. The van der Waals surface area contributed by atoms with Gasteiger partial charge in [0.1, 0.15) is 0 Å². The van der Waals surface area contributed by atoms with Gasteiger partial charge in [-0.2, -0.15) is 5.10 Å². The summed E-state index contributed by atoms with van der Waals surface area (Å²) in [6.07, 6.45) is 3.65. The second-order valence-corrected chi connectivity index (χ2v) is 4.16. The fourth-order valence-corrected chi connectivity index (χ4v) is 1.96. The van der Waals surface area contributed by atoms with Crippen molar-refractivity contribution in [1.29, 1.82) is 0 Å². The Balaban J connectivity index is 1.99. The van der Waals surface area contributed by atoms with Crippen molar-refractivity contribution < 1.29 is 0 Å². The average molecular weight is 223 g/mol. The minimum Gasteiger partial charge on any atom is -0.265 e. The van der Waals surface area contributed by atoms with Crippen LogP contribution in [0.4, 0.5) is 0 Å². The van der Waals surface area contributed by atoms with Crippen molar-refractivity contribution >= 4 is 10.9 Å². The van der Waals surface area contributed by atoms with Gasteiger partial charge in [-0.1, -0.05) is 12.1 Å². The lowest BCUT2D eigenvalue weighted by atomic mass is 10.1. The lowest BCUT2D eigenvalue weighted by Gasteiger charge is -2.05. The second-order valence-electron chi connectivity index (χ2n) is 4.16. The lowest BCUT2D eigenvalue weighted by molar-refractivity contribution is 0.665. The maximum Gasteiger partial charge on any atom is 0.0702 e. The Morgan fingerprint density at radius 2 is 2.06 bits per heavy atom. The summed E-state index contributed by atoms with van der Waals surface area (Å²) in [7, 11) is 0. The molecule has 2 aromatic heterocycles. The van der Waals surface area contributed by atoms with Crippen LogP contribution >= 0.6 is 0 Å². The molecule has 84 valence electrons. The Morgan fingerprint density at radius 1 is 1.12 bits per heavy atom. The molecular weight excluding hydrogens is 210 g/mol. The first kappa shape index (κ1) is 10.0. The van der Waals surface area contributed by atoms with Crippen molar-refractivity contribution in [2.24, 2.45) is 0 Å². The molecule has 0 amide bonds. The maximum absolute atomic E-state index is 4.31. The van der Waals surface area contributed by atoms with Gasteiger partial charge in [-0.3, -0.25) is 9.67 Å². The topological polar surface area (TPSA) is 30.7 Å². The fraction of sp³-hybridized carbons (Fsp3) is 0.143. The molecule has 0 aliphatic heterocycles. The zero-order chi connectivity index (χ0) is 11.7. The number of rotatable bonds is 2. The van der Waals surface area contributed by atoms with Crippen LogP contribution in [0, 0.1) is 6.92 Å². The Bertz CT molecular complexity index is 655. The molecular formula is C14H13N3. The predicted octanol–water partition coefficient (Wildman–Crippen LogP) is 2.79. The van der Waals surface area contributed by atoms with Gasteiger partial charge < -0.3 is 0 Å². The molecule has 0 atom stereocenters. The molecule has 3 aromatic rings. The average Bonchev–Trinajstić information content (AvgIpc) is 2.75. The molecule has 1 aromatic carbocycles. The number of fused-ring (bicyclic) bond motifs is 1. The molecule has 0 radical (unpaired) electrons. The van der Waals surface area contributed by atoms with E-state index in [-0.39, 0.29) is 0 Å². The van der Waals surface area contributed by atoms with Crippen LogP contribution in [0.5, 0.6) is 0 Å². The number of pyridine rings is 1. The van der Waals surface area contributed by atoms with E-state index in [4.69, 9.17) is 0 Å². The summed E-state index contributed by atoms with van der Waals surface area (Å²) in [5.74, 6) is 0. The Kier molecular flexibility index (Phi) is 2.37. The van der Waals surface area contributed by atoms with E-state index in [1.807, 2.05) is 29.2 Å². The molecule has 0 fully saturated rings. The van der Waals surface area contributed by atoms with Gasteiger partial charge in [0.2, 0.25) is 0 Å². The van der Waals surface area contributed by atoms with Crippen LogP contribution in [0.2, 0.25) is 0 Å². The highest BCUT2D eigenvalue weighted by Crippen LogP contribution is 2.14. The standard InChI is InChI=1S/C14H13N3/c1-11-6-8-16-17(11)10-12-4-5-14-13(9-12)3-2-7-15-14/h2-9H,10H2,1H3. The summed E-state index contributed by atoms with van der Waals surface area (Å²) >= 11 is 0. The monoisotopic (exact) mass is 223 g/mol. The third-order valence-electron chi connectivity index (χ3n) is 2.93. The van der Waals surface area contributed by atoms with Crippen LogP contribution in [-0.2, 0) is 6.54 Å². The van der Waals surface area contributed by atoms with E-state index in [0.29, 0.717) is 0 Å². The van der Waals surface area contributed by atoms with Crippen molar-refractivity contribution in [3.63, 3.8) is 0 Å². The third kappa shape index (κ3) is 1.91. The normalized spacial score (nSPS) is 10.9. The van der Waals surface area contributed by atoms with Crippen LogP contribution in [0.25, 0.3) is 10.9 Å². The van der Waals surface area contributed by atoms with E-state index >= 15 is 0 Å². The van der Waals surface area contributed by atoms with Crippen LogP contribution in [0.3, 0.4) is 0 Å². The van der Waals surface area contributed by atoms with E-state index in [1.54, 1.807) is 0 Å². The third-order valence-corrected chi connectivity index (χ3v) is 2.93. The number of hydrogen-bond donors (Lipinski definition) is 0. The van der Waals surface area contributed by atoms with E-state index in [1.165, 1.54) is 16.6 Å². The van der Waals surface area contributed by atoms with Gasteiger partial charge in [0.15, 0.2) is 0 Å². The Hall–Kier alpha value is -2.16. The lowest BCUT2D eigenvalue weighted by Crippen LogP contribution is -2.03. The van der Waals surface area contributed by atoms with Gasteiger partial charge in [-0.05, 0) is 36.8 Å². The number of aromatic nitrogens is 3. The summed E-state index contributed by atoms with van der Waals surface area (Å²) in [5.41, 5.74) is 3.46. The molecule has 0 spiro atoms. The first-order chi connectivity index (χ1) is 8.33. The van der Waals surface area contributed by atoms with E-state index in [2.05, 4.69) is 41.3 Å². The molecule has 0 saturated heterocycles. The highest BCUT2D eigenvalue weighted by molar-refractivity contribution is 5.78. The quantitative estimate of drug-likeness (QED) is 0.668.